The predicted molar refractivity (Wildman–Crippen MR) is 124 cm³/mol. The molecule has 7 heteroatoms. The molecule has 0 bridgehead atoms. The Bertz CT molecular complexity index is 1160. The lowest BCUT2D eigenvalue weighted by atomic mass is 10.1. The lowest BCUT2D eigenvalue weighted by Gasteiger charge is -2.33. The van der Waals surface area contributed by atoms with Crippen LogP contribution in [0.15, 0.2) is 60.4 Å². The van der Waals surface area contributed by atoms with Gasteiger partial charge in [-0.15, -0.1) is 0 Å². The van der Waals surface area contributed by atoms with Gasteiger partial charge in [0.2, 0.25) is 0 Å². The Morgan fingerprint density at radius 2 is 1.65 bits per heavy atom. The van der Waals surface area contributed by atoms with Gasteiger partial charge in [-0.1, -0.05) is 41.9 Å². The molecule has 4 rings (SSSR count). The second kappa shape index (κ2) is 8.96. The largest absolute Gasteiger partial charge is 0.350 e. The van der Waals surface area contributed by atoms with Crippen LogP contribution in [-0.4, -0.2) is 59.4 Å². The van der Waals surface area contributed by atoms with Crippen LogP contribution in [-0.2, 0) is 11.8 Å². The van der Waals surface area contributed by atoms with E-state index in [4.69, 9.17) is 11.6 Å². The standard InChI is InChI=1S/C24H25ClN4O2/c1-27-11-13-29(14-12-27)24(31)21(26-23(30)19-8-3-5-9-20(19)25)15-17-16-28(2)22-10-6-4-7-18(17)22/h3-10,15-16H,11-14H2,1-2H3,(H,26,30). The zero-order chi connectivity index (χ0) is 22.0. The summed E-state index contributed by atoms with van der Waals surface area (Å²) in [6.07, 6.45) is 3.72. The second-order valence-electron chi connectivity index (χ2n) is 7.80. The van der Waals surface area contributed by atoms with Crippen LogP contribution < -0.4 is 5.32 Å². The number of halogens is 1. The number of carbonyl (C=O) groups excluding carboxylic acids is 2. The molecule has 0 spiro atoms. The highest BCUT2D eigenvalue weighted by atomic mass is 35.5. The van der Waals surface area contributed by atoms with Crippen molar-refractivity contribution in [2.75, 3.05) is 33.2 Å². The molecular weight excluding hydrogens is 412 g/mol. The molecule has 2 aromatic carbocycles. The smallest absolute Gasteiger partial charge is 0.270 e. The summed E-state index contributed by atoms with van der Waals surface area (Å²) < 4.78 is 2.01. The molecule has 3 aromatic rings. The van der Waals surface area contributed by atoms with Gasteiger partial charge in [-0.3, -0.25) is 9.59 Å². The zero-order valence-electron chi connectivity index (χ0n) is 17.6. The highest BCUT2D eigenvalue weighted by Crippen LogP contribution is 2.23. The third kappa shape index (κ3) is 4.50. The number of hydrogen-bond donors (Lipinski definition) is 1. The number of benzene rings is 2. The molecule has 1 aliphatic rings. The number of fused-ring (bicyclic) bond motifs is 1. The van der Waals surface area contributed by atoms with Crippen molar-refractivity contribution in [3.63, 3.8) is 0 Å². The van der Waals surface area contributed by atoms with Crippen LogP contribution >= 0.6 is 11.6 Å². The van der Waals surface area contributed by atoms with Crippen LogP contribution in [0.4, 0.5) is 0 Å². The number of nitrogens with one attached hydrogen (secondary N) is 1. The fraction of sp³-hybridized carbons (Fsp3) is 0.250. The molecule has 1 aromatic heterocycles. The van der Waals surface area contributed by atoms with Crippen molar-refractivity contribution < 1.29 is 9.59 Å². The number of aromatic nitrogens is 1. The maximum Gasteiger partial charge on any atom is 0.270 e. The molecule has 31 heavy (non-hydrogen) atoms. The Labute approximate surface area is 186 Å². The molecule has 1 N–H and O–H groups in total. The van der Waals surface area contributed by atoms with Gasteiger partial charge >= 0.3 is 0 Å². The molecule has 6 nitrogen and oxygen atoms in total. The average molecular weight is 437 g/mol. The third-order valence-electron chi connectivity index (χ3n) is 5.62. The summed E-state index contributed by atoms with van der Waals surface area (Å²) in [6.45, 7) is 2.83. The van der Waals surface area contributed by atoms with E-state index in [1.807, 2.05) is 49.1 Å². The number of amides is 2. The summed E-state index contributed by atoms with van der Waals surface area (Å²) in [6, 6.07) is 14.8. The van der Waals surface area contributed by atoms with Gasteiger partial charge in [0.25, 0.3) is 11.8 Å². The molecule has 1 saturated heterocycles. The quantitative estimate of drug-likeness (QED) is 0.638. The Morgan fingerprint density at radius 3 is 2.39 bits per heavy atom. The van der Waals surface area contributed by atoms with Crippen LogP contribution in [0.25, 0.3) is 17.0 Å². The third-order valence-corrected chi connectivity index (χ3v) is 5.94. The van der Waals surface area contributed by atoms with Crippen molar-refractivity contribution >= 4 is 40.4 Å². The molecule has 0 unspecified atom stereocenters. The van der Waals surface area contributed by atoms with Gasteiger partial charge in [-0.25, -0.2) is 0 Å². The fourth-order valence-electron chi connectivity index (χ4n) is 3.81. The summed E-state index contributed by atoms with van der Waals surface area (Å²) in [4.78, 5) is 30.3. The van der Waals surface area contributed by atoms with Gasteiger partial charge in [0.05, 0.1) is 10.6 Å². The highest BCUT2D eigenvalue weighted by Gasteiger charge is 2.24. The molecule has 160 valence electrons. The van der Waals surface area contributed by atoms with Gasteiger partial charge in [0.15, 0.2) is 0 Å². The zero-order valence-corrected chi connectivity index (χ0v) is 18.4. The Morgan fingerprint density at radius 1 is 0.968 bits per heavy atom. The number of carbonyl (C=O) groups is 2. The SMILES string of the molecule is CN1CCN(C(=O)C(=Cc2cn(C)c3ccccc23)NC(=O)c2ccccc2Cl)CC1. The summed E-state index contributed by atoms with van der Waals surface area (Å²) in [5.74, 6) is -0.596. The van der Waals surface area contributed by atoms with Gasteiger partial charge in [0, 0.05) is 55.9 Å². The molecule has 1 aliphatic heterocycles. The van der Waals surface area contributed by atoms with Gasteiger partial charge in [-0.05, 0) is 31.3 Å². The fourth-order valence-corrected chi connectivity index (χ4v) is 4.03. The van der Waals surface area contributed by atoms with E-state index in [1.54, 1.807) is 35.2 Å². The van der Waals surface area contributed by atoms with E-state index < -0.39 is 5.91 Å². The van der Waals surface area contributed by atoms with Crippen LogP contribution in [0.2, 0.25) is 5.02 Å². The Balaban J connectivity index is 1.71. The van der Waals surface area contributed by atoms with Crippen molar-refractivity contribution in [3.8, 4) is 0 Å². The topological polar surface area (TPSA) is 57.6 Å². The number of para-hydroxylation sites is 1. The lowest BCUT2D eigenvalue weighted by molar-refractivity contribution is -0.128. The molecule has 2 heterocycles. The first-order valence-corrected chi connectivity index (χ1v) is 10.6. The van der Waals surface area contributed by atoms with Crippen molar-refractivity contribution in [3.05, 3.63) is 76.6 Å². The normalized spacial score (nSPS) is 15.3. The lowest BCUT2D eigenvalue weighted by Crippen LogP contribution is -2.49. The minimum Gasteiger partial charge on any atom is -0.350 e. The maximum atomic E-state index is 13.4. The Kier molecular flexibility index (Phi) is 6.11. The number of hydrogen-bond acceptors (Lipinski definition) is 3. The predicted octanol–water partition coefficient (Wildman–Crippen LogP) is 3.38. The van der Waals surface area contributed by atoms with Crippen molar-refractivity contribution in [2.24, 2.45) is 7.05 Å². The van der Waals surface area contributed by atoms with Crippen LogP contribution in [0.5, 0.6) is 0 Å². The van der Waals surface area contributed by atoms with Crippen LogP contribution in [0.1, 0.15) is 15.9 Å². The summed E-state index contributed by atoms with van der Waals surface area (Å²) >= 11 is 6.20. The van der Waals surface area contributed by atoms with Crippen molar-refractivity contribution in [2.45, 2.75) is 0 Å². The second-order valence-corrected chi connectivity index (χ2v) is 8.21. The van der Waals surface area contributed by atoms with Crippen molar-refractivity contribution in [1.82, 2.24) is 19.7 Å². The molecule has 2 amide bonds. The number of nitrogens with zero attached hydrogens (tertiary/aromatic N) is 3. The van der Waals surface area contributed by atoms with E-state index in [2.05, 4.69) is 10.2 Å². The monoisotopic (exact) mass is 436 g/mol. The molecule has 0 saturated carbocycles. The first-order chi connectivity index (χ1) is 14.9. The van der Waals surface area contributed by atoms with E-state index in [1.165, 1.54) is 0 Å². The molecule has 1 fully saturated rings. The minimum atomic E-state index is -0.403. The summed E-state index contributed by atoms with van der Waals surface area (Å²) in [5.41, 5.74) is 2.50. The number of piperazine rings is 1. The molecular formula is C24H25ClN4O2. The number of likely N-dealkylation sites (N-methyl/N-ethyl adjacent to an activating group) is 1. The molecule has 0 aliphatic carbocycles. The summed E-state index contributed by atoms with van der Waals surface area (Å²) in [7, 11) is 4.00. The minimum absolute atomic E-state index is 0.193. The summed E-state index contributed by atoms with van der Waals surface area (Å²) in [5, 5.41) is 4.19. The number of rotatable bonds is 4. The van der Waals surface area contributed by atoms with E-state index >= 15 is 0 Å². The Hall–Kier alpha value is -3.09. The average Bonchev–Trinajstić information content (AvgIpc) is 3.09. The number of aryl methyl sites for hydroxylation is 1. The van der Waals surface area contributed by atoms with E-state index in [-0.39, 0.29) is 11.6 Å². The molecule has 0 atom stereocenters. The maximum absolute atomic E-state index is 13.4. The highest BCUT2D eigenvalue weighted by molar-refractivity contribution is 6.34. The van der Waals surface area contributed by atoms with E-state index in [0.29, 0.717) is 23.7 Å². The van der Waals surface area contributed by atoms with Gasteiger partial charge < -0.3 is 19.7 Å². The van der Waals surface area contributed by atoms with Gasteiger partial charge in [0.1, 0.15) is 5.70 Å². The van der Waals surface area contributed by atoms with Crippen LogP contribution in [0, 0.1) is 0 Å². The first kappa shape index (κ1) is 21.2. The van der Waals surface area contributed by atoms with E-state index in [9.17, 15) is 9.59 Å². The van der Waals surface area contributed by atoms with E-state index in [0.717, 1.165) is 29.6 Å². The van der Waals surface area contributed by atoms with Crippen molar-refractivity contribution in [1.29, 1.82) is 0 Å². The first-order valence-electron chi connectivity index (χ1n) is 10.2. The van der Waals surface area contributed by atoms with Gasteiger partial charge in [-0.2, -0.15) is 0 Å². The molecule has 0 radical (unpaired) electrons. The van der Waals surface area contributed by atoms with Crippen LogP contribution in [0.3, 0.4) is 0 Å².